The normalized spacial score (nSPS) is 51.8. The Morgan fingerprint density at radius 1 is 0.870 bits per heavy atom. The fraction of sp³-hybridized carbons (Fsp3) is 0.950. The Morgan fingerprint density at radius 2 is 1.61 bits per heavy atom. The van der Waals surface area contributed by atoms with Crippen LogP contribution in [0, 0.1) is 40.4 Å². The summed E-state index contributed by atoms with van der Waals surface area (Å²) in [4.78, 5) is 11.9. The van der Waals surface area contributed by atoms with E-state index in [1.54, 1.807) is 0 Å². The minimum atomic E-state index is -0.0268. The van der Waals surface area contributed by atoms with Gasteiger partial charge in [-0.1, -0.05) is 26.7 Å². The molecule has 4 fully saturated rings. The van der Waals surface area contributed by atoms with Gasteiger partial charge in [-0.15, -0.1) is 12.4 Å². The summed E-state index contributed by atoms with van der Waals surface area (Å²) in [6.45, 7) is 5.02. The van der Waals surface area contributed by atoms with E-state index in [0.29, 0.717) is 5.41 Å². The van der Waals surface area contributed by atoms with Crippen molar-refractivity contribution in [1.29, 1.82) is 0 Å². The highest BCUT2D eigenvalue weighted by Crippen LogP contribution is 2.67. The molecule has 0 radical (unpaired) electrons. The van der Waals surface area contributed by atoms with Crippen molar-refractivity contribution in [2.75, 3.05) is 0 Å². The van der Waals surface area contributed by atoms with E-state index < -0.39 is 0 Å². The lowest BCUT2D eigenvalue weighted by molar-refractivity contribution is -0.134. The second-order valence-electron chi connectivity index (χ2n) is 9.48. The van der Waals surface area contributed by atoms with Crippen molar-refractivity contribution in [2.24, 2.45) is 46.2 Å². The third-order valence-corrected chi connectivity index (χ3v) is 8.93. The van der Waals surface area contributed by atoms with Crippen molar-refractivity contribution in [3.8, 4) is 0 Å². The van der Waals surface area contributed by atoms with Crippen LogP contribution in [-0.2, 0) is 4.79 Å². The van der Waals surface area contributed by atoms with Gasteiger partial charge in [0.25, 0.3) is 0 Å². The first kappa shape index (κ1) is 17.6. The third-order valence-electron chi connectivity index (χ3n) is 8.93. The highest BCUT2D eigenvalue weighted by Gasteiger charge is 2.60. The van der Waals surface area contributed by atoms with Crippen LogP contribution in [0.25, 0.3) is 0 Å². The van der Waals surface area contributed by atoms with Crippen molar-refractivity contribution < 1.29 is 4.79 Å². The number of fused-ring (bicyclic) bond motifs is 5. The standard InChI is InChI=1S/C20H33NO.ClH/c1-19-11-4-3-5-13(19)6-7-14-15-8-9-17(18(21)22)20(15,2)12-10-16(14)19;/h13-17H,3-12H2,1-2H3,(H2,21,22);1H/t13?,14-,15-,16-,17?,19-,20-;/m0./s1. The van der Waals surface area contributed by atoms with Gasteiger partial charge in [0, 0.05) is 5.92 Å². The van der Waals surface area contributed by atoms with Gasteiger partial charge in [0.05, 0.1) is 0 Å². The molecule has 0 aromatic heterocycles. The van der Waals surface area contributed by atoms with Gasteiger partial charge < -0.3 is 5.73 Å². The molecule has 0 aromatic rings. The molecule has 23 heavy (non-hydrogen) atoms. The van der Waals surface area contributed by atoms with E-state index in [-0.39, 0.29) is 29.6 Å². The Hall–Kier alpha value is -0.240. The van der Waals surface area contributed by atoms with Gasteiger partial charge in [-0.3, -0.25) is 4.79 Å². The van der Waals surface area contributed by atoms with Crippen LogP contribution in [0.15, 0.2) is 0 Å². The van der Waals surface area contributed by atoms with Crippen LogP contribution in [0.2, 0.25) is 0 Å². The number of amides is 1. The van der Waals surface area contributed by atoms with E-state index in [4.69, 9.17) is 5.73 Å². The lowest BCUT2D eigenvalue weighted by Gasteiger charge is -2.60. The average molecular weight is 340 g/mol. The number of carbonyl (C=O) groups is 1. The third kappa shape index (κ3) is 2.38. The largest absolute Gasteiger partial charge is 0.369 e. The summed E-state index contributed by atoms with van der Waals surface area (Å²) < 4.78 is 0. The van der Waals surface area contributed by atoms with Crippen molar-refractivity contribution in [3.63, 3.8) is 0 Å². The minimum absolute atomic E-state index is 0. The molecule has 0 aromatic carbocycles. The van der Waals surface area contributed by atoms with Crippen molar-refractivity contribution in [2.45, 2.75) is 78.1 Å². The minimum Gasteiger partial charge on any atom is -0.369 e. The number of hydrogen-bond acceptors (Lipinski definition) is 1. The van der Waals surface area contributed by atoms with Crippen LogP contribution < -0.4 is 5.73 Å². The molecule has 0 saturated heterocycles. The number of rotatable bonds is 1. The number of primary amides is 1. The number of nitrogens with two attached hydrogens (primary N) is 1. The maximum absolute atomic E-state index is 11.9. The number of halogens is 1. The highest BCUT2D eigenvalue weighted by molar-refractivity contribution is 5.85. The summed E-state index contributed by atoms with van der Waals surface area (Å²) in [5, 5.41) is 0. The second kappa shape index (κ2) is 5.93. The summed E-state index contributed by atoms with van der Waals surface area (Å²) in [6, 6.07) is 0. The highest BCUT2D eigenvalue weighted by atomic mass is 35.5. The molecule has 0 heterocycles. The van der Waals surface area contributed by atoms with Gasteiger partial charge >= 0.3 is 0 Å². The predicted molar refractivity (Wildman–Crippen MR) is 96.3 cm³/mol. The van der Waals surface area contributed by atoms with Crippen LogP contribution in [-0.4, -0.2) is 5.91 Å². The summed E-state index contributed by atoms with van der Waals surface area (Å²) in [7, 11) is 0. The Labute approximate surface area is 147 Å². The monoisotopic (exact) mass is 339 g/mol. The first-order valence-corrected chi connectivity index (χ1v) is 9.76. The molecule has 3 heteroatoms. The molecule has 1 amide bonds. The number of carbonyl (C=O) groups excluding carboxylic acids is 1. The van der Waals surface area contributed by atoms with Gasteiger partial charge in [0.1, 0.15) is 0 Å². The van der Waals surface area contributed by atoms with Gasteiger partial charge in [-0.25, -0.2) is 0 Å². The molecular formula is C20H34ClNO. The van der Waals surface area contributed by atoms with Crippen LogP contribution >= 0.6 is 12.4 Å². The van der Waals surface area contributed by atoms with Gasteiger partial charge in [0.2, 0.25) is 5.91 Å². The molecule has 0 bridgehead atoms. The van der Waals surface area contributed by atoms with Crippen LogP contribution in [0.3, 0.4) is 0 Å². The molecule has 4 aliphatic carbocycles. The lowest BCUT2D eigenvalue weighted by atomic mass is 9.45. The van der Waals surface area contributed by atoms with Crippen LogP contribution in [0.1, 0.15) is 78.1 Å². The Bertz CT molecular complexity index is 480. The fourth-order valence-electron chi connectivity index (χ4n) is 7.76. The van der Waals surface area contributed by atoms with E-state index >= 15 is 0 Å². The van der Waals surface area contributed by atoms with Crippen LogP contribution in [0.5, 0.6) is 0 Å². The first-order valence-electron chi connectivity index (χ1n) is 9.76. The zero-order chi connectivity index (χ0) is 15.5. The molecule has 2 nitrogen and oxygen atoms in total. The lowest BCUT2D eigenvalue weighted by Crippen LogP contribution is -2.53. The van der Waals surface area contributed by atoms with Gasteiger partial charge in [-0.05, 0) is 85.9 Å². The maximum Gasteiger partial charge on any atom is 0.221 e. The second-order valence-corrected chi connectivity index (χ2v) is 9.48. The molecule has 2 N–H and O–H groups in total. The number of hydrogen-bond donors (Lipinski definition) is 1. The predicted octanol–water partition coefficient (Wildman–Crippen LogP) is 4.94. The Morgan fingerprint density at radius 3 is 2.35 bits per heavy atom. The molecule has 4 rings (SSSR count). The zero-order valence-corrected chi connectivity index (χ0v) is 15.7. The smallest absolute Gasteiger partial charge is 0.221 e. The molecule has 0 spiro atoms. The summed E-state index contributed by atoms with van der Waals surface area (Å²) in [5.74, 6) is 3.68. The quantitative estimate of drug-likeness (QED) is 0.722. The topological polar surface area (TPSA) is 43.1 Å². The van der Waals surface area contributed by atoms with E-state index in [1.807, 2.05) is 0 Å². The van der Waals surface area contributed by atoms with E-state index in [1.165, 1.54) is 57.8 Å². The van der Waals surface area contributed by atoms with Gasteiger partial charge in [0.15, 0.2) is 0 Å². The SMILES string of the molecule is C[C@]12CCCCC1CC[C@@H]1[C@@H]2CC[C@]2(C)C(C(N)=O)CC[C@@H]12.Cl. The van der Waals surface area contributed by atoms with Gasteiger partial charge in [-0.2, -0.15) is 0 Å². The van der Waals surface area contributed by atoms with Crippen LogP contribution in [0.4, 0.5) is 0 Å². The van der Waals surface area contributed by atoms with E-state index in [2.05, 4.69) is 13.8 Å². The summed E-state index contributed by atoms with van der Waals surface area (Å²) in [6.07, 6.45) is 13.6. The van der Waals surface area contributed by atoms with E-state index in [9.17, 15) is 4.79 Å². The molecular weight excluding hydrogens is 306 g/mol. The van der Waals surface area contributed by atoms with Crippen molar-refractivity contribution in [3.05, 3.63) is 0 Å². The zero-order valence-electron chi connectivity index (χ0n) is 14.9. The molecule has 7 atom stereocenters. The molecule has 4 saturated carbocycles. The Kier molecular flexibility index (Phi) is 4.53. The maximum atomic E-state index is 11.9. The average Bonchev–Trinajstić information content (AvgIpc) is 2.84. The fourth-order valence-corrected chi connectivity index (χ4v) is 7.76. The van der Waals surface area contributed by atoms with E-state index in [0.717, 1.165) is 30.1 Å². The van der Waals surface area contributed by atoms with Crippen molar-refractivity contribution >= 4 is 18.3 Å². The molecule has 2 unspecified atom stereocenters. The molecule has 132 valence electrons. The van der Waals surface area contributed by atoms with Crippen molar-refractivity contribution in [1.82, 2.24) is 0 Å². The summed E-state index contributed by atoms with van der Waals surface area (Å²) >= 11 is 0. The Balaban J connectivity index is 0.00000156. The first-order chi connectivity index (χ1) is 10.5. The molecule has 0 aliphatic heterocycles. The summed E-state index contributed by atoms with van der Waals surface area (Å²) in [5.41, 5.74) is 6.57. The molecule has 4 aliphatic rings.